The first kappa shape index (κ1) is 14.3. The molecule has 1 unspecified atom stereocenters. The fraction of sp³-hybridized carbons (Fsp3) is 0.176. The van der Waals surface area contributed by atoms with E-state index in [1.807, 2.05) is 53.1 Å². The molecule has 22 heavy (non-hydrogen) atoms. The molecule has 0 bridgehead atoms. The van der Waals surface area contributed by atoms with E-state index in [0.717, 1.165) is 22.2 Å². The molecule has 0 fully saturated rings. The van der Waals surface area contributed by atoms with Crippen LogP contribution in [0.3, 0.4) is 0 Å². The Kier molecular flexibility index (Phi) is 3.89. The number of hydrogen-bond acceptors (Lipinski definition) is 3. The van der Waals surface area contributed by atoms with Gasteiger partial charge in [0.15, 0.2) is 6.23 Å². The second-order valence-electron chi connectivity index (χ2n) is 5.12. The van der Waals surface area contributed by atoms with Gasteiger partial charge in [-0.15, -0.1) is 0 Å². The Morgan fingerprint density at radius 2 is 2.05 bits per heavy atom. The predicted molar refractivity (Wildman–Crippen MR) is 84.2 cm³/mol. The Morgan fingerprint density at radius 3 is 2.73 bits per heavy atom. The molecule has 0 aliphatic heterocycles. The summed E-state index contributed by atoms with van der Waals surface area (Å²) >= 11 is 0. The van der Waals surface area contributed by atoms with Gasteiger partial charge in [0.2, 0.25) is 5.91 Å². The van der Waals surface area contributed by atoms with Crippen LogP contribution < -0.4 is 5.73 Å². The molecule has 2 aromatic carbocycles. The standard InChI is InChI=1S/C17H17N3O2/c1-22-17(13-5-3-2-4-6-13)20-11-19-14-9-12(10-16(18)21)7-8-15(14)20/h2-9,11,17H,10H2,1H3,(H2,18,21). The zero-order chi connectivity index (χ0) is 15.5. The van der Waals surface area contributed by atoms with Gasteiger partial charge in [-0.2, -0.15) is 0 Å². The molecular weight excluding hydrogens is 278 g/mol. The minimum Gasteiger partial charge on any atom is -0.369 e. The van der Waals surface area contributed by atoms with Gasteiger partial charge >= 0.3 is 0 Å². The van der Waals surface area contributed by atoms with Crippen molar-refractivity contribution in [3.8, 4) is 0 Å². The topological polar surface area (TPSA) is 70.1 Å². The van der Waals surface area contributed by atoms with Crippen LogP contribution in [0.4, 0.5) is 0 Å². The summed E-state index contributed by atoms with van der Waals surface area (Å²) in [6.45, 7) is 0. The molecule has 2 N–H and O–H groups in total. The lowest BCUT2D eigenvalue weighted by Gasteiger charge is -2.18. The van der Waals surface area contributed by atoms with E-state index in [1.54, 1.807) is 13.4 Å². The average Bonchev–Trinajstić information content (AvgIpc) is 2.92. The zero-order valence-corrected chi connectivity index (χ0v) is 12.3. The Bertz CT molecular complexity index is 796. The summed E-state index contributed by atoms with van der Waals surface area (Å²) < 4.78 is 7.60. The maximum absolute atomic E-state index is 11.0. The van der Waals surface area contributed by atoms with Crippen molar-refractivity contribution in [1.82, 2.24) is 9.55 Å². The molecule has 112 valence electrons. The molecule has 3 aromatic rings. The number of benzene rings is 2. The third kappa shape index (κ3) is 2.71. The fourth-order valence-corrected chi connectivity index (χ4v) is 2.60. The van der Waals surface area contributed by atoms with Gasteiger partial charge < -0.3 is 10.5 Å². The van der Waals surface area contributed by atoms with Crippen molar-refractivity contribution in [1.29, 1.82) is 0 Å². The highest BCUT2D eigenvalue weighted by Crippen LogP contribution is 2.24. The summed E-state index contributed by atoms with van der Waals surface area (Å²) in [6, 6.07) is 15.7. The van der Waals surface area contributed by atoms with E-state index in [1.165, 1.54) is 0 Å². The van der Waals surface area contributed by atoms with Crippen molar-refractivity contribution in [2.75, 3.05) is 7.11 Å². The number of primary amides is 1. The molecule has 5 heteroatoms. The van der Waals surface area contributed by atoms with E-state index in [-0.39, 0.29) is 18.6 Å². The van der Waals surface area contributed by atoms with Crippen molar-refractivity contribution >= 4 is 16.9 Å². The Morgan fingerprint density at radius 1 is 1.27 bits per heavy atom. The van der Waals surface area contributed by atoms with E-state index in [9.17, 15) is 4.79 Å². The van der Waals surface area contributed by atoms with Crippen molar-refractivity contribution in [2.45, 2.75) is 12.6 Å². The van der Waals surface area contributed by atoms with Crippen molar-refractivity contribution in [2.24, 2.45) is 5.73 Å². The minimum absolute atomic E-state index is 0.217. The van der Waals surface area contributed by atoms with Gasteiger partial charge in [-0.1, -0.05) is 36.4 Å². The predicted octanol–water partition coefficient (Wildman–Crippen LogP) is 2.26. The molecule has 1 amide bonds. The van der Waals surface area contributed by atoms with Gasteiger partial charge in [-0.25, -0.2) is 4.98 Å². The lowest BCUT2D eigenvalue weighted by molar-refractivity contribution is -0.117. The first-order valence-corrected chi connectivity index (χ1v) is 7.00. The summed E-state index contributed by atoms with van der Waals surface area (Å²) in [5.74, 6) is -0.349. The van der Waals surface area contributed by atoms with Gasteiger partial charge in [0.25, 0.3) is 0 Å². The normalized spacial score (nSPS) is 12.4. The lowest BCUT2D eigenvalue weighted by atomic mass is 10.1. The summed E-state index contributed by atoms with van der Waals surface area (Å²) in [5.41, 5.74) is 8.91. The minimum atomic E-state index is -0.349. The van der Waals surface area contributed by atoms with Crippen LogP contribution in [0.1, 0.15) is 17.4 Å². The van der Waals surface area contributed by atoms with E-state index < -0.39 is 0 Å². The number of nitrogens with two attached hydrogens (primary N) is 1. The number of imidazole rings is 1. The third-order valence-corrected chi connectivity index (χ3v) is 3.58. The van der Waals surface area contributed by atoms with E-state index in [4.69, 9.17) is 10.5 Å². The van der Waals surface area contributed by atoms with Crippen LogP contribution in [-0.4, -0.2) is 22.6 Å². The molecule has 0 saturated heterocycles. The average molecular weight is 295 g/mol. The number of amides is 1. The van der Waals surface area contributed by atoms with E-state index in [2.05, 4.69) is 4.98 Å². The number of carbonyl (C=O) groups is 1. The Labute approximate surface area is 128 Å². The van der Waals surface area contributed by atoms with Crippen LogP contribution in [0.15, 0.2) is 54.9 Å². The molecule has 3 rings (SSSR count). The van der Waals surface area contributed by atoms with E-state index in [0.29, 0.717) is 0 Å². The SMILES string of the molecule is COC(c1ccccc1)n1cnc2cc(CC(N)=O)ccc21. The van der Waals surface area contributed by atoms with Crippen molar-refractivity contribution < 1.29 is 9.53 Å². The second kappa shape index (κ2) is 5.99. The van der Waals surface area contributed by atoms with Crippen LogP contribution in [-0.2, 0) is 16.0 Å². The molecule has 0 radical (unpaired) electrons. The van der Waals surface area contributed by atoms with Crippen molar-refractivity contribution in [3.63, 3.8) is 0 Å². The highest BCUT2D eigenvalue weighted by molar-refractivity contribution is 5.80. The largest absolute Gasteiger partial charge is 0.369 e. The number of nitrogens with zero attached hydrogens (tertiary/aromatic N) is 2. The second-order valence-corrected chi connectivity index (χ2v) is 5.12. The highest BCUT2D eigenvalue weighted by Gasteiger charge is 2.15. The van der Waals surface area contributed by atoms with Gasteiger partial charge in [-0.3, -0.25) is 9.36 Å². The molecule has 5 nitrogen and oxygen atoms in total. The number of rotatable bonds is 5. The number of fused-ring (bicyclic) bond motifs is 1. The molecule has 1 heterocycles. The molecule has 0 spiro atoms. The summed E-state index contributed by atoms with van der Waals surface area (Å²) in [7, 11) is 1.67. The molecule has 0 aliphatic carbocycles. The first-order valence-electron chi connectivity index (χ1n) is 7.00. The smallest absolute Gasteiger partial charge is 0.221 e. The number of methoxy groups -OCH3 is 1. The number of hydrogen-bond donors (Lipinski definition) is 1. The van der Waals surface area contributed by atoms with Gasteiger partial charge in [0.1, 0.15) is 0 Å². The molecule has 1 atom stereocenters. The van der Waals surface area contributed by atoms with Crippen LogP contribution >= 0.6 is 0 Å². The third-order valence-electron chi connectivity index (χ3n) is 3.58. The number of aromatic nitrogens is 2. The maximum atomic E-state index is 11.0. The van der Waals surface area contributed by atoms with Gasteiger partial charge in [-0.05, 0) is 17.7 Å². The van der Waals surface area contributed by atoms with Gasteiger partial charge in [0, 0.05) is 12.7 Å². The van der Waals surface area contributed by atoms with Gasteiger partial charge in [0.05, 0.1) is 23.8 Å². The quantitative estimate of drug-likeness (QED) is 0.785. The fourth-order valence-electron chi connectivity index (χ4n) is 2.60. The maximum Gasteiger partial charge on any atom is 0.221 e. The van der Waals surface area contributed by atoms with Crippen LogP contribution in [0, 0.1) is 0 Å². The van der Waals surface area contributed by atoms with Crippen LogP contribution in [0.5, 0.6) is 0 Å². The Balaban J connectivity index is 2.02. The lowest BCUT2D eigenvalue weighted by Crippen LogP contribution is -2.13. The summed E-state index contributed by atoms with van der Waals surface area (Å²) in [5, 5.41) is 0. The van der Waals surface area contributed by atoms with E-state index >= 15 is 0 Å². The monoisotopic (exact) mass is 295 g/mol. The summed E-state index contributed by atoms with van der Waals surface area (Å²) in [6.07, 6.45) is 1.72. The molecule has 0 saturated carbocycles. The summed E-state index contributed by atoms with van der Waals surface area (Å²) in [4.78, 5) is 15.4. The zero-order valence-electron chi connectivity index (χ0n) is 12.3. The first-order chi connectivity index (χ1) is 10.7. The van der Waals surface area contributed by atoms with Crippen molar-refractivity contribution in [3.05, 3.63) is 66.0 Å². The molecule has 1 aromatic heterocycles. The Hall–Kier alpha value is -2.66. The number of carbonyl (C=O) groups excluding carboxylic acids is 1. The molecular formula is C17H17N3O2. The van der Waals surface area contributed by atoms with Crippen LogP contribution in [0.25, 0.3) is 11.0 Å². The highest BCUT2D eigenvalue weighted by atomic mass is 16.5. The molecule has 0 aliphatic rings. The van der Waals surface area contributed by atoms with Crippen LogP contribution in [0.2, 0.25) is 0 Å². The number of ether oxygens (including phenoxy) is 1.